The van der Waals surface area contributed by atoms with Crippen molar-refractivity contribution in [2.45, 2.75) is 13.0 Å². The summed E-state index contributed by atoms with van der Waals surface area (Å²) in [5.41, 5.74) is 0.314. The molecule has 116 valence electrons. The largest absolute Gasteiger partial charge is 0.395 e. The normalized spacial score (nSPS) is 11.9. The van der Waals surface area contributed by atoms with Crippen LogP contribution in [0.5, 0.6) is 0 Å². The van der Waals surface area contributed by atoms with Gasteiger partial charge in [0.05, 0.1) is 17.7 Å². The monoisotopic (exact) mass is 334 g/mol. The number of rotatable bonds is 6. The lowest BCUT2D eigenvalue weighted by molar-refractivity contribution is 0.181. The van der Waals surface area contributed by atoms with Crippen LogP contribution in [0.3, 0.4) is 0 Å². The Morgan fingerprint density at radius 2 is 2.24 bits per heavy atom. The van der Waals surface area contributed by atoms with Gasteiger partial charge in [0, 0.05) is 23.7 Å². The number of hydrogen-bond acceptors (Lipinski definition) is 2. The Kier molecular flexibility index (Phi) is 6.95. The molecule has 1 aromatic carbocycles. The molecule has 0 saturated carbocycles. The number of nitrogens with one attached hydrogen (secondary N) is 1. The van der Waals surface area contributed by atoms with Crippen LogP contribution < -0.4 is 5.32 Å². The number of benzene rings is 1. The molecule has 21 heavy (non-hydrogen) atoms. The molecule has 0 fully saturated rings. The van der Waals surface area contributed by atoms with E-state index < -0.39 is 17.9 Å². The maximum atomic E-state index is 13.5. The third kappa shape index (κ3) is 4.59. The number of aliphatic hydroxyl groups is 1. The highest BCUT2D eigenvalue weighted by Gasteiger charge is 2.20. The second-order valence-corrected chi connectivity index (χ2v) is 5.17. The Morgan fingerprint density at radius 1 is 1.57 bits per heavy atom. The van der Waals surface area contributed by atoms with Gasteiger partial charge < -0.3 is 15.3 Å². The van der Waals surface area contributed by atoms with Crippen molar-refractivity contribution in [3.05, 3.63) is 46.2 Å². The molecule has 0 radical (unpaired) electrons. The Hall–Kier alpha value is -1.30. The lowest BCUT2D eigenvalue weighted by atomic mass is 10.1. The second kappa shape index (κ2) is 8.22. The van der Waals surface area contributed by atoms with Crippen molar-refractivity contribution in [3.8, 4) is 0 Å². The van der Waals surface area contributed by atoms with E-state index in [-0.39, 0.29) is 29.7 Å². The summed E-state index contributed by atoms with van der Waals surface area (Å²) in [6, 6.07) is 1.54. The molecule has 0 heterocycles. The lowest BCUT2D eigenvalue weighted by Gasteiger charge is -2.24. The number of carbonyl (C=O) groups excluding carboxylic acids is 1. The van der Waals surface area contributed by atoms with E-state index in [0.717, 1.165) is 0 Å². The van der Waals surface area contributed by atoms with Crippen LogP contribution in [0.2, 0.25) is 10.0 Å². The van der Waals surface area contributed by atoms with Crippen LogP contribution >= 0.6 is 23.2 Å². The third-order valence-corrected chi connectivity index (χ3v) is 3.57. The van der Waals surface area contributed by atoms with Crippen molar-refractivity contribution in [1.82, 2.24) is 10.2 Å². The summed E-state index contributed by atoms with van der Waals surface area (Å²) in [4.78, 5) is 13.5. The van der Waals surface area contributed by atoms with Gasteiger partial charge in [-0.15, -0.1) is 6.58 Å². The van der Waals surface area contributed by atoms with Crippen molar-refractivity contribution in [1.29, 1.82) is 0 Å². The summed E-state index contributed by atoms with van der Waals surface area (Å²) in [7, 11) is 0. The molecule has 0 aliphatic rings. The minimum atomic E-state index is -0.601. The van der Waals surface area contributed by atoms with Gasteiger partial charge in [-0.1, -0.05) is 29.3 Å². The first-order valence-corrected chi connectivity index (χ1v) is 7.08. The minimum absolute atomic E-state index is 0.118. The molecule has 0 spiro atoms. The van der Waals surface area contributed by atoms with Gasteiger partial charge in [-0.2, -0.15) is 0 Å². The van der Waals surface area contributed by atoms with Crippen molar-refractivity contribution in [2.75, 3.05) is 19.7 Å². The predicted octanol–water partition coefficient (Wildman–Crippen LogP) is 3.38. The van der Waals surface area contributed by atoms with Crippen LogP contribution in [0.15, 0.2) is 24.8 Å². The molecule has 0 aliphatic carbocycles. The van der Waals surface area contributed by atoms with E-state index in [1.165, 1.54) is 17.0 Å². The van der Waals surface area contributed by atoms with Gasteiger partial charge in [-0.25, -0.2) is 9.18 Å². The Morgan fingerprint density at radius 3 is 2.81 bits per heavy atom. The molecule has 1 aromatic rings. The minimum Gasteiger partial charge on any atom is -0.395 e. The summed E-state index contributed by atoms with van der Waals surface area (Å²) in [6.07, 6.45) is 1.54. The van der Waals surface area contributed by atoms with Gasteiger partial charge in [0.2, 0.25) is 0 Å². The van der Waals surface area contributed by atoms with Crippen LogP contribution in [-0.4, -0.2) is 35.7 Å². The molecule has 2 amide bonds. The van der Waals surface area contributed by atoms with Crippen molar-refractivity contribution < 1.29 is 14.3 Å². The van der Waals surface area contributed by atoms with Gasteiger partial charge in [-0.3, -0.25) is 0 Å². The zero-order valence-corrected chi connectivity index (χ0v) is 13.1. The fourth-order valence-corrected chi connectivity index (χ4v) is 2.54. The summed E-state index contributed by atoms with van der Waals surface area (Å²) >= 11 is 11.9. The molecule has 4 nitrogen and oxygen atoms in total. The van der Waals surface area contributed by atoms with Crippen LogP contribution in [0.1, 0.15) is 18.5 Å². The number of amides is 2. The summed E-state index contributed by atoms with van der Waals surface area (Å²) in [5, 5.41) is 11.8. The summed E-state index contributed by atoms with van der Waals surface area (Å²) < 4.78 is 13.5. The zero-order chi connectivity index (χ0) is 16.0. The van der Waals surface area contributed by atoms with Gasteiger partial charge >= 0.3 is 6.03 Å². The topological polar surface area (TPSA) is 52.6 Å². The smallest absolute Gasteiger partial charge is 0.318 e. The average Bonchev–Trinajstić information content (AvgIpc) is 2.43. The Bertz CT molecular complexity index is 526. The third-order valence-electron chi connectivity index (χ3n) is 2.86. The molecular weight excluding hydrogens is 318 g/mol. The highest BCUT2D eigenvalue weighted by atomic mass is 35.5. The summed E-state index contributed by atoms with van der Waals surface area (Å²) in [5.74, 6) is -0.601. The van der Waals surface area contributed by atoms with Crippen LogP contribution in [0.4, 0.5) is 9.18 Å². The molecule has 2 N–H and O–H groups in total. The number of halogens is 3. The maximum absolute atomic E-state index is 13.5. The first kappa shape index (κ1) is 17.8. The number of aliphatic hydroxyl groups excluding tert-OH is 1. The molecule has 1 rings (SSSR count). The van der Waals surface area contributed by atoms with Crippen molar-refractivity contribution in [3.63, 3.8) is 0 Å². The van der Waals surface area contributed by atoms with Gasteiger partial charge in [0.25, 0.3) is 0 Å². The molecule has 0 saturated heterocycles. The molecule has 1 atom stereocenters. The standard InChI is InChI=1S/C14H17Cl2FN2O2/c1-3-6-19(7-8-20)14(21)18-9(2)12-10(15)4-5-11(17)13(12)16/h3-5,9,20H,1,6-8H2,2H3,(H,18,21). The Balaban J connectivity index is 2.90. The lowest BCUT2D eigenvalue weighted by Crippen LogP contribution is -2.42. The number of urea groups is 1. The molecule has 0 aromatic heterocycles. The van der Waals surface area contributed by atoms with Crippen LogP contribution in [0, 0.1) is 5.82 Å². The molecular formula is C14H17Cl2FN2O2. The fraction of sp³-hybridized carbons (Fsp3) is 0.357. The van der Waals surface area contributed by atoms with E-state index in [4.69, 9.17) is 28.3 Å². The molecule has 0 bridgehead atoms. The number of hydrogen-bond donors (Lipinski definition) is 2. The maximum Gasteiger partial charge on any atom is 0.318 e. The fourth-order valence-electron chi connectivity index (χ4n) is 1.84. The number of carbonyl (C=O) groups is 1. The summed E-state index contributed by atoms with van der Waals surface area (Å²) in [6.45, 7) is 5.47. The first-order valence-electron chi connectivity index (χ1n) is 6.33. The van der Waals surface area contributed by atoms with Gasteiger partial charge in [0.1, 0.15) is 5.82 Å². The highest BCUT2D eigenvalue weighted by molar-refractivity contribution is 6.36. The molecule has 1 unspecified atom stereocenters. The van der Waals surface area contributed by atoms with Crippen LogP contribution in [-0.2, 0) is 0 Å². The SMILES string of the molecule is C=CCN(CCO)C(=O)NC(C)c1c(Cl)ccc(F)c1Cl. The molecule has 0 aliphatic heterocycles. The average molecular weight is 335 g/mol. The molecule has 7 heteroatoms. The Labute approximate surface area is 133 Å². The van der Waals surface area contributed by atoms with E-state index >= 15 is 0 Å². The predicted molar refractivity (Wildman–Crippen MR) is 82.2 cm³/mol. The second-order valence-electron chi connectivity index (χ2n) is 4.39. The van der Waals surface area contributed by atoms with Gasteiger partial charge in [0.15, 0.2) is 0 Å². The highest BCUT2D eigenvalue weighted by Crippen LogP contribution is 2.32. The van der Waals surface area contributed by atoms with E-state index in [0.29, 0.717) is 5.56 Å². The van der Waals surface area contributed by atoms with E-state index in [1.54, 1.807) is 13.0 Å². The quantitative estimate of drug-likeness (QED) is 0.619. The van der Waals surface area contributed by atoms with Crippen LogP contribution in [0.25, 0.3) is 0 Å². The van der Waals surface area contributed by atoms with Crippen molar-refractivity contribution >= 4 is 29.2 Å². The van der Waals surface area contributed by atoms with Gasteiger partial charge in [-0.05, 0) is 19.1 Å². The van der Waals surface area contributed by atoms with Crippen molar-refractivity contribution in [2.24, 2.45) is 0 Å². The number of nitrogens with zero attached hydrogens (tertiary/aromatic N) is 1. The zero-order valence-electron chi connectivity index (χ0n) is 11.6. The van der Waals surface area contributed by atoms with E-state index in [9.17, 15) is 9.18 Å². The first-order chi connectivity index (χ1) is 9.92. The van der Waals surface area contributed by atoms with E-state index in [2.05, 4.69) is 11.9 Å². The van der Waals surface area contributed by atoms with E-state index in [1.807, 2.05) is 0 Å².